The molecule has 1 aromatic carbocycles. The minimum atomic E-state index is 0.562. The van der Waals surface area contributed by atoms with Crippen LogP contribution in [-0.4, -0.2) is 20.8 Å². The SMILES string of the molecule is C=C(COC)c1ccc(OC)cc1. The van der Waals surface area contributed by atoms with Crippen molar-refractivity contribution in [2.75, 3.05) is 20.8 Å². The Balaban J connectivity index is 2.74. The van der Waals surface area contributed by atoms with Crippen molar-refractivity contribution in [3.8, 4) is 5.75 Å². The zero-order valence-corrected chi connectivity index (χ0v) is 8.04. The van der Waals surface area contributed by atoms with Crippen molar-refractivity contribution in [3.63, 3.8) is 0 Å². The van der Waals surface area contributed by atoms with Gasteiger partial charge in [0.1, 0.15) is 5.75 Å². The quantitative estimate of drug-likeness (QED) is 0.704. The molecule has 0 N–H and O–H groups in total. The third-order valence-electron chi connectivity index (χ3n) is 1.82. The summed E-state index contributed by atoms with van der Waals surface area (Å²) in [7, 11) is 3.31. The number of benzene rings is 1. The molecule has 0 saturated carbocycles. The van der Waals surface area contributed by atoms with E-state index in [4.69, 9.17) is 9.47 Å². The Labute approximate surface area is 78.8 Å². The molecule has 0 aromatic heterocycles. The van der Waals surface area contributed by atoms with Crippen LogP contribution in [0.3, 0.4) is 0 Å². The molecular weight excluding hydrogens is 164 g/mol. The van der Waals surface area contributed by atoms with Gasteiger partial charge in [0.05, 0.1) is 13.7 Å². The van der Waals surface area contributed by atoms with E-state index < -0.39 is 0 Å². The predicted octanol–water partition coefficient (Wildman–Crippen LogP) is 2.35. The van der Waals surface area contributed by atoms with E-state index in [1.165, 1.54) is 0 Å². The van der Waals surface area contributed by atoms with E-state index in [0.717, 1.165) is 16.9 Å². The minimum absolute atomic E-state index is 0.562. The molecule has 1 rings (SSSR count). The second-order valence-electron chi connectivity index (χ2n) is 2.77. The molecule has 2 nitrogen and oxygen atoms in total. The lowest BCUT2D eigenvalue weighted by Gasteiger charge is -2.05. The molecular formula is C11H14O2. The van der Waals surface area contributed by atoms with Crippen LogP contribution < -0.4 is 4.74 Å². The smallest absolute Gasteiger partial charge is 0.118 e. The highest BCUT2D eigenvalue weighted by Gasteiger charge is 1.97. The van der Waals surface area contributed by atoms with Crippen molar-refractivity contribution in [1.29, 1.82) is 0 Å². The van der Waals surface area contributed by atoms with Gasteiger partial charge >= 0.3 is 0 Å². The maximum atomic E-state index is 5.05. The molecule has 0 bridgehead atoms. The maximum Gasteiger partial charge on any atom is 0.118 e. The first kappa shape index (κ1) is 9.81. The molecule has 2 heteroatoms. The molecule has 13 heavy (non-hydrogen) atoms. The molecule has 0 aliphatic carbocycles. The summed E-state index contributed by atoms with van der Waals surface area (Å²) < 4.78 is 10.0. The molecule has 0 unspecified atom stereocenters. The van der Waals surface area contributed by atoms with E-state index in [1.807, 2.05) is 24.3 Å². The third kappa shape index (κ3) is 2.60. The van der Waals surface area contributed by atoms with Gasteiger partial charge in [0.15, 0.2) is 0 Å². The standard InChI is InChI=1S/C11H14O2/c1-9(8-12-2)10-4-6-11(13-3)7-5-10/h4-7H,1,8H2,2-3H3. The Kier molecular flexibility index (Phi) is 3.53. The van der Waals surface area contributed by atoms with Crippen molar-refractivity contribution in [1.82, 2.24) is 0 Å². The molecule has 0 fully saturated rings. The van der Waals surface area contributed by atoms with Gasteiger partial charge in [0, 0.05) is 7.11 Å². The van der Waals surface area contributed by atoms with Crippen molar-refractivity contribution >= 4 is 5.57 Å². The van der Waals surface area contributed by atoms with Crippen LogP contribution in [0.15, 0.2) is 30.8 Å². The van der Waals surface area contributed by atoms with Crippen molar-refractivity contribution < 1.29 is 9.47 Å². The first-order chi connectivity index (χ1) is 6.27. The van der Waals surface area contributed by atoms with Crippen LogP contribution >= 0.6 is 0 Å². The Hall–Kier alpha value is -1.28. The van der Waals surface area contributed by atoms with Crippen LogP contribution in [0, 0.1) is 0 Å². The fraction of sp³-hybridized carbons (Fsp3) is 0.273. The number of ether oxygens (including phenoxy) is 2. The summed E-state index contributed by atoms with van der Waals surface area (Å²) in [4.78, 5) is 0. The Morgan fingerprint density at radius 3 is 2.31 bits per heavy atom. The highest BCUT2D eigenvalue weighted by Crippen LogP contribution is 2.17. The van der Waals surface area contributed by atoms with Gasteiger partial charge in [-0.2, -0.15) is 0 Å². The van der Waals surface area contributed by atoms with Crippen molar-refractivity contribution in [2.24, 2.45) is 0 Å². The Morgan fingerprint density at radius 2 is 1.85 bits per heavy atom. The van der Waals surface area contributed by atoms with Crippen LogP contribution in [0.25, 0.3) is 5.57 Å². The fourth-order valence-corrected chi connectivity index (χ4v) is 1.08. The summed E-state index contributed by atoms with van der Waals surface area (Å²) in [6.45, 7) is 4.47. The van der Waals surface area contributed by atoms with Crippen LogP contribution in [0.5, 0.6) is 5.75 Å². The zero-order valence-electron chi connectivity index (χ0n) is 8.04. The van der Waals surface area contributed by atoms with Gasteiger partial charge in [-0.15, -0.1) is 0 Å². The maximum absolute atomic E-state index is 5.05. The van der Waals surface area contributed by atoms with Crippen LogP contribution in [-0.2, 0) is 4.74 Å². The second kappa shape index (κ2) is 4.67. The number of methoxy groups -OCH3 is 2. The van der Waals surface area contributed by atoms with E-state index in [0.29, 0.717) is 6.61 Å². The first-order valence-electron chi connectivity index (χ1n) is 4.09. The predicted molar refractivity (Wildman–Crippen MR) is 53.9 cm³/mol. The number of rotatable bonds is 4. The van der Waals surface area contributed by atoms with Gasteiger partial charge < -0.3 is 9.47 Å². The summed E-state index contributed by atoms with van der Waals surface area (Å²) in [5.74, 6) is 0.856. The molecule has 0 aliphatic rings. The van der Waals surface area contributed by atoms with E-state index in [9.17, 15) is 0 Å². The molecule has 0 spiro atoms. The molecule has 0 radical (unpaired) electrons. The van der Waals surface area contributed by atoms with Gasteiger partial charge in [0.2, 0.25) is 0 Å². The van der Waals surface area contributed by atoms with E-state index in [-0.39, 0.29) is 0 Å². The molecule has 0 heterocycles. The molecule has 0 aliphatic heterocycles. The first-order valence-corrected chi connectivity index (χ1v) is 4.09. The molecule has 0 saturated heterocycles. The molecule has 0 atom stereocenters. The van der Waals surface area contributed by atoms with Crippen molar-refractivity contribution in [2.45, 2.75) is 0 Å². The Bertz CT molecular complexity index is 275. The molecule has 0 amide bonds. The van der Waals surface area contributed by atoms with E-state index in [1.54, 1.807) is 14.2 Å². The van der Waals surface area contributed by atoms with Crippen LogP contribution in [0.4, 0.5) is 0 Å². The van der Waals surface area contributed by atoms with Gasteiger partial charge in [-0.3, -0.25) is 0 Å². The zero-order chi connectivity index (χ0) is 9.68. The lowest BCUT2D eigenvalue weighted by molar-refractivity contribution is 0.240. The van der Waals surface area contributed by atoms with E-state index in [2.05, 4.69) is 6.58 Å². The van der Waals surface area contributed by atoms with E-state index >= 15 is 0 Å². The number of hydrogen-bond acceptors (Lipinski definition) is 2. The molecule has 70 valence electrons. The minimum Gasteiger partial charge on any atom is -0.497 e. The van der Waals surface area contributed by atoms with Gasteiger partial charge in [-0.25, -0.2) is 0 Å². The third-order valence-corrected chi connectivity index (χ3v) is 1.82. The average Bonchev–Trinajstić information content (AvgIpc) is 2.18. The topological polar surface area (TPSA) is 18.5 Å². The largest absolute Gasteiger partial charge is 0.497 e. The summed E-state index contributed by atoms with van der Waals surface area (Å²) in [5.41, 5.74) is 2.06. The average molecular weight is 178 g/mol. The van der Waals surface area contributed by atoms with Crippen LogP contribution in [0.2, 0.25) is 0 Å². The van der Waals surface area contributed by atoms with Crippen molar-refractivity contribution in [3.05, 3.63) is 36.4 Å². The fourth-order valence-electron chi connectivity index (χ4n) is 1.08. The number of hydrogen-bond donors (Lipinski definition) is 0. The normalized spacial score (nSPS) is 9.69. The van der Waals surface area contributed by atoms with Gasteiger partial charge in [0.25, 0.3) is 0 Å². The van der Waals surface area contributed by atoms with Gasteiger partial charge in [-0.05, 0) is 23.3 Å². The summed E-state index contributed by atoms with van der Waals surface area (Å²) in [6, 6.07) is 7.77. The van der Waals surface area contributed by atoms with Crippen LogP contribution in [0.1, 0.15) is 5.56 Å². The monoisotopic (exact) mass is 178 g/mol. The highest BCUT2D eigenvalue weighted by atomic mass is 16.5. The summed E-state index contributed by atoms with van der Waals surface area (Å²) in [6.07, 6.45) is 0. The second-order valence-corrected chi connectivity index (χ2v) is 2.77. The van der Waals surface area contributed by atoms with Gasteiger partial charge in [-0.1, -0.05) is 18.7 Å². The molecule has 1 aromatic rings. The summed E-state index contributed by atoms with van der Waals surface area (Å²) >= 11 is 0. The Morgan fingerprint density at radius 1 is 1.23 bits per heavy atom. The highest BCUT2D eigenvalue weighted by molar-refractivity contribution is 5.64. The summed E-state index contributed by atoms with van der Waals surface area (Å²) in [5, 5.41) is 0. The lowest BCUT2D eigenvalue weighted by Crippen LogP contribution is -1.92. The lowest BCUT2D eigenvalue weighted by atomic mass is 10.1.